The third-order valence-corrected chi connectivity index (χ3v) is 2.97. The molecule has 0 fully saturated rings. The maximum absolute atomic E-state index is 12.1. The molecule has 0 aliphatic carbocycles. The summed E-state index contributed by atoms with van der Waals surface area (Å²) in [6.07, 6.45) is -0.398. The Bertz CT molecular complexity index is 623. The molecule has 2 aromatic carbocycles. The van der Waals surface area contributed by atoms with Crippen molar-refractivity contribution in [2.24, 2.45) is 5.73 Å². The number of benzene rings is 2. The minimum atomic E-state index is -0.648. The first-order valence-corrected chi connectivity index (χ1v) is 6.24. The largest absolute Gasteiger partial charge is 0.454 e. The average Bonchev–Trinajstić information content (AvgIpc) is 2.48. The van der Waals surface area contributed by atoms with Gasteiger partial charge in [0.1, 0.15) is 6.10 Å². The summed E-state index contributed by atoms with van der Waals surface area (Å²) in [6, 6.07) is 15.7. The molecule has 102 valence electrons. The van der Waals surface area contributed by atoms with Crippen molar-refractivity contribution in [3.63, 3.8) is 0 Å². The molecular weight excluding hydrogens is 254 g/mol. The van der Waals surface area contributed by atoms with Crippen molar-refractivity contribution < 1.29 is 14.3 Å². The Morgan fingerprint density at radius 2 is 1.50 bits per heavy atom. The highest BCUT2D eigenvalue weighted by Crippen LogP contribution is 2.19. The van der Waals surface area contributed by atoms with Crippen LogP contribution in [0, 0.1) is 0 Å². The topological polar surface area (TPSA) is 69.4 Å². The lowest BCUT2D eigenvalue weighted by Crippen LogP contribution is -2.18. The van der Waals surface area contributed by atoms with E-state index in [0.29, 0.717) is 0 Å². The molecule has 2 aromatic rings. The molecule has 0 aliphatic rings. The molecule has 2 rings (SSSR count). The first kappa shape index (κ1) is 13.8. The smallest absolute Gasteiger partial charge is 0.339 e. The molecular formula is C16H15NO3. The minimum Gasteiger partial charge on any atom is -0.454 e. The quantitative estimate of drug-likeness (QED) is 0.867. The van der Waals surface area contributed by atoms with E-state index in [0.717, 1.165) is 5.56 Å². The fraction of sp³-hybridized carbons (Fsp3) is 0.125. The van der Waals surface area contributed by atoms with Crippen LogP contribution in [0.1, 0.15) is 39.3 Å². The van der Waals surface area contributed by atoms with E-state index in [2.05, 4.69) is 0 Å². The fourth-order valence-corrected chi connectivity index (χ4v) is 1.89. The molecule has 0 bridgehead atoms. The lowest BCUT2D eigenvalue weighted by atomic mass is 10.1. The Morgan fingerprint density at radius 1 is 0.950 bits per heavy atom. The van der Waals surface area contributed by atoms with Gasteiger partial charge in [-0.1, -0.05) is 42.5 Å². The third-order valence-electron chi connectivity index (χ3n) is 2.97. The molecule has 0 aliphatic heterocycles. The number of nitrogens with two attached hydrogens (primary N) is 1. The Labute approximate surface area is 117 Å². The summed E-state index contributed by atoms with van der Waals surface area (Å²) in [5.41, 5.74) is 6.48. The third kappa shape index (κ3) is 3.03. The van der Waals surface area contributed by atoms with E-state index in [4.69, 9.17) is 10.5 Å². The normalized spacial score (nSPS) is 11.7. The molecule has 1 amide bonds. The van der Waals surface area contributed by atoms with Crippen molar-refractivity contribution in [1.82, 2.24) is 0 Å². The first-order valence-electron chi connectivity index (χ1n) is 6.24. The maximum atomic E-state index is 12.1. The van der Waals surface area contributed by atoms with E-state index in [1.54, 1.807) is 19.1 Å². The minimum absolute atomic E-state index is 0.165. The molecule has 1 atom stereocenters. The first-order chi connectivity index (χ1) is 9.59. The van der Waals surface area contributed by atoms with Crippen molar-refractivity contribution in [2.75, 3.05) is 0 Å². The predicted octanol–water partition coefficient (Wildman–Crippen LogP) is 2.70. The molecule has 0 saturated heterocycles. The maximum Gasteiger partial charge on any atom is 0.339 e. The molecule has 1 unspecified atom stereocenters. The molecule has 0 heterocycles. The highest BCUT2D eigenvalue weighted by molar-refractivity contribution is 6.04. The molecule has 0 saturated carbocycles. The highest BCUT2D eigenvalue weighted by atomic mass is 16.5. The summed E-state index contributed by atoms with van der Waals surface area (Å²) in [5, 5.41) is 0. The number of hydrogen-bond donors (Lipinski definition) is 1. The predicted molar refractivity (Wildman–Crippen MR) is 75.2 cm³/mol. The van der Waals surface area contributed by atoms with E-state index in [-0.39, 0.29) is 11.1 Å². The zero-order valence-corrected chi connectivity index (χ0v) is 11.1. The summed E-state index contributed by atoms with van der Waals surface area (Å²) in [6.45, 7) is 1.78. The Kier molecular flexibility index (Phi) is 4.15. The second kappa shape index (κ2) is 6.02. The van der Waals surface area contributed by atoms with E-state index in [1.807, 2.05) is 30.3 Å². The molecule has 0 aromatic heterocycles. The number of amides is 1. The number of hydrogen-bond acceptors (Lipinski definition) is 3. The van der Waals surface area contributed by atoms with Crippen LogP contribution in [0.5, 0.6) is 0 Å². The van der Waals surface area contributed by atoms with Gasteiger partial charge in [0.15, 0.2) is 0 Å². The summed E-state index contributed by atoms with van der Waals surface area (Å²) < 4.78 is 5.37. The van der Waals surface area contributed by atoms with Gasteiger partial charge in [0.2, 0.25) is 5.91 Å². The zero-order chi connectivity index (χ0) is 14.5. The molecule has 20 heavy (non-hydrogen) atoms. The monoisotopic (exact) mass is 269 g/mol. The van der Waals surface area contributed by atoms with Gasteiger partial charge in [-0.2, -0.15) is 0 Å². The fourth-order valence-electron chi connectivity index (χ4n) is 1.89. The highest BCUT2D eigenvalue weighted by Gasteiger charge is 2.18. The lowest BCUT2D eigenvalue weighted by molar-refractivity contribution is 0.0335. The van der Waals surface area contributed by atoms with Crippen molar-refractivity contribution >= 4 is 11.9 Å². The summed E-state index contributed by atoms with van der Waals surface area (Å²) in [4.78, 5) is 23.4. The van der Waals surface area contributed by atoms with Gasteiger partial charge in [0.25, 0.3) is 0 Å². The van der Waals surface area contributed by atoms with Crippen LogP contribution in [0.15, 0.2) is 54.6 Å². The number of carbonyl (C=O) groups is 2. The molecule has 0 radical (unpaired) electrons. The van der Waals surface area contributed by atoms with Gasteiger partial charge in [0, 0.05) is 0 Å². The number of carbonyl (C=O) groups excluding carboxylic acids is 2. The van der Waals surface area contributed by atoms with Crippen molar-refractivity contribution in [3.8, 4) is 0 Å². The van der Waals surface area contributed by atoms with Crippen molar-refractivity contribution in [1.29, 1.82) is 0 Å². The molecule has 0 spiro atoms. The van der Waals surface area contributed by atoms with Crippen molar-refractivity contribution in [3.05, 3.63) is 71.3 Å². The molecule has 2 N–H and O–H groups in total. The van der Waals surface area contributed by atoms with Crippen LogP contribution in [0.3, 0.4) is 0 Å². The van der Waals surface area contributed by atoms with Gasteiger partial charge >= 0.3 is 5.97 Å². The second-order valence-electron chi connectivity index (χ2n) is 4.37. The number of ether oxygens (including phenoxy) is 1. The van der Waals surface area contributed by atoms with E-state index >= 15 is 0 Å². The second-order valence-corrected chi connectivity index (χ2v) is 4.37. The van der Waals surface area contributed by atoms with Crippen molar-refractivity contribution in [2.45, 2.75) is 13.0 Å². The lowest BCUT2D eigenvalue weighted by Gasteiger charge is -2.14. The van der Waals surface area contributed by atoms with Crippen LogP contribution in [-0.4, -0.2) is 11.9 Å². The SMILES string of the molecule is CC(OC(=O)c1ccccc1C(N)=O)c1ccccc1. The van der Waals surface area contributed by atoms with E-state index in [1.165, 1.54) is 12.1 Å². The van der Waals surface area contributed by atoms with E-state index in [9.17, 15) is 9.59 Å². The summed E-state index contributed by atoms with van der Waals surface area (Å²) in [5.74, 6) is -1.21. The van der Waals surface area contributed by atoms with Gasteiger partial charge in [-0.3, -0.25) is 4.79 Å². The Hall–Kier alpha value is -2.62. The van der Waals surface area contributed by atoms with Gasteiger partial charge < -0.3 is 10.5 Å². The number of rotatable bonds is 4. The van der Waals surface area contributed by atoms with Crippen LogP contribution in [0.25, 0.3) is 0 Å². The van der Waals surface area contributed by atoms with Crippen LogP contribution in [-0.2, 0) is 4.74 Å². The standard InChI is InChI=1S/C16H15NO3/c1-11(12-7-3-2-4-8-12)20-16(19)14-10-6-5-9-13(14)15(17)18/h2-11H,1H3,(H2,17,18). The van der Waals surface area contributed by atoms with Gasteiger partial charge in [-0.25, -0.2) is 4.79 Å². The van der Waals surface area contributed by atoms with Gasteiger partial charge in [-0.15, -0.1) is 0 Å². The summed E-state index contributed by atoms with van der Waals surface area (Å²) >= 11 is 0. The Morgan fingerprint density at radius 3 is 2.10 bits per heavy atom. The van der Waals surface area contributed by atoms with Crippen LogP contribution < -0.4 is 5.73 Å². The van der Waals surface area contributed by atoms with Crippen LogP contribution in [0.2, 0.25) is 0 Å². The van der Waals surface area contributed by atoms with Crippen LogP contribution >= 0.6 is 0 Å². The van der Waals surface area contributed by atoms with Crippen LogP contribution in [0.4, 0.5) is 0 Å². The van der Waals surface area contributed by atoms with Gasteiger partial charge in [0.05, 0.1) is 11.1 Å². The van der Waals surface area contributed by atoms with Gasteiger partial charge in [-0.05, 0) is 24.6 Å². The number of esters is 1. The van der Waals surface area contributed by atoms with E-state index < -0.39 is 18.0 Å². The zero-order valence-electron chi connectivity index (χ0n) is 11.1. The summed E-state index contributed by atoms with van der Waals surface area (Å²) in [7, 11) is 0. The Balaban J connectivity index is 2.19. The molecule has 4 heteroatoms. The molecule has 4 nitrogen and oxygen atoms in total. The average molecular weight is 269 g/mol. The number of primary amides is 1.